The van der Waals surface area contributed by atoms with Crippen LogP contribution in [0.2, 0.25) is 5.02 Å². The van der Waals surface area contributed by atoms with Crippen LogP contribution in [0.15, 0.2) is 70.8 Å². The van der Waals surface area contributed by atoms with Gasteiger partial charge < -0.3 is 4.74 Å². The van der Waals surface area contributed by atoms with Gasteiger partial charge in [-0.2, -0.15) is 0 Å². The SMILES string of the molecule is C=CCn1c(SCc2cccc(Br)c2)nnc1C(C)Oc1cccc(Cl)c1. The second-order valence-corrected chi connectivity index (χ2v) is 8.17. The Bertz CT molecular complexity index is 931. The molecule has 0 aliphatic rings. The number of rotatable bonds is 8. The lowest BCUT2D eigenvalue weighted by Crippen LogP contribution is -2.12. The quantitative estimate of drug-likeness (QED) is 0.289. The Morgan fingerprint density at radius 2 is 2.07 bits per heavy atom. The van der Waals surface area contributed by atoms with Crippen LogP contribution in [0.4, 0.5) is 0 Å². The number of nitrogens with zero attached hydrogens (tertiary/aromatic N) is 3. The largest absolute Gasteiger partial charge is 0.483 e. The molecule has 7 heteroatoms. The first-order valence-corrected chi connectivity index (χ1v) is 10.6. The van der Waals surface area contributed by atoms with Gasteiger partial charge >= 0.3 is 0 Å². The third-order valence-electron chi connectivity index (χ3n) is 3.79. The van der Waals surface area contributed by atoms with Crippen LogP contribution in [0.1, 0.15) is 24.4 Å². The molecule has 1 atom stereocenters. The molecule has 0 spiro atoms. The van der Waals surface area contributed by atoms with Gasteiger partial charge in [-0.1, -0.05) is 63.6 Å². The summed E-state index contributed by atoms with van der Waals surface area (Å²) in [5, 5.41) is 10.2. The fourth-order valence-corrected chi connectivity index (χ4v) is 4.10. The summed E-state index contributed by atoms with van der Waals surface area (Å²) in [4.78, 5) is 0. The summed E-state index contributed by atoms with van der Waals surface area (Å²) in [6.45, 7) is 6.42. The molecule has 0 aliphatic heterocycles. The highest BCUT2D eigenvalue weighted by Gasteiger charge is 2.19. The standard InChI is InChI=1S/C20H19BrClN3OS/c1-3-10-25-19(14(2)26-18-9-5-8-17(22)12-18)23-24-20(25)27-13-15-6-4-7-16(21)11-15/h3-9,11-12,14H,1,10,13H2,2H3. The first-order valence-electron chi connectivity index (χ1n) is 8.40. The maximum atomic E-state index is 6.04. The van der Waals surface area contributed by atoms with Crippen LogP contribution in [0.25, 0.3) is 0 Å². The Balaban J connectivity index is 1.76. The summed E-state index contributed by atoms with van der Waals surface area (Å²) in [6, 6.07) is 15.6. The Kier molecular flexibility index (Phi) is 6.99. The topological polar surface area (TPSA) is 39.9 Å². The van der Waals surface area contributed by atoms with Crippen LogP contribution >= 0.6 is 39.3 Å². The Labute approximate surface area is 176 Å². The minimum Gasteiger partial charge on any atom is -0.483 e. The van der Waals surface area contributed by atoms with E-state index in [1.54, 1.807) is 17.8 Å². The number of aromatic nitrogens is 3. The van der Waals surface area contributed by atoms with E-state index in [2.05, 4.69) is 44.8 Å². The zero-order valence-corrected chi connectivity index (χ0v) is 18.0. The van der Waals surface area contributed by atoms with Gasteiger partial charge in [0.2, 0.25) is 0 Å². The smallest absolute Gasteiger partial charge is 0.191 e. The van der Waals surface area contributed by atoms with Crippen molar-refractivity contribution in [1.82, 2.24) is 14.8 Å². The third-order valence-corrected chi connectivity index (χ3v) is 5.55. The molecule has 1 unspecified atom stereocenters. The van der Waals surface area contributed by atoms with Crippen molar-refractivity contribution in [3.05, 3.63) is 82.1 Å². The first kappa shape index (κ1) is 20.0. The van der Waals surface area contributed by atoms with E-state index in [1.807, 2.05) is 47.9 Å². The lowest BCUT2D eigenvalue weighted by Gasteiger charge is -2.16. The Morgan fingerprint density at radius 1 is 1.26 bits per heavy atom. The molecule has 0 saturated carbocycles. The molecule has 0 fully saturated rings. The molecule has 3 rings (SSSR count). The molecular formula is C20H19BrClN3OS. The minimum absolute atomic E-state index is 0.267. The molecule has 1 aromatic heterocycles. The van der Waals surface area contributed by atoms with Crippen molar-refractivity contribution < 1.29 is 4.74 Å². The van der Waals surface area contributed by atoms with Gasteiger partial charge in [-0.05, 0) is 42.8 Å². The highest BCUT2D eigenvalue weighted by atomic mass is 79.9. The molecule has 4 nitrogen and oxygen atoms in total. The van der Waals surface area contributed by atoms with E-state index in [0.717, 1.165) is 21.2 Å². The average Bonchev–Trinajstić information content (AvgIpc) is 3.03. The average molecular weight is 465 g/mol. The van der Waals surface area contributed by atoms with Crippen LogP contribution in [0.3, 0.4) is 0 Å². The molecule has 0 amide bonds. The number of ether oxygens (including phenoxy) is 1. The Morgan fingerprint density at radius 3 is 2.81 bits per heavy atom. The summed E-state index contributed by atoms with van der Waals surface area (Å²) in [5.74, 6) is 2.26. The highest BCUT2D eigenvalue weighted by molar-refractivity contribution is 9.10. The van der Waals surface area contributed by atoms with Gasteiger partial charge in [0.15, 0.2) is 17.1 Å². The van der Waals surface area contributed by atoms with Crippen LogP contribution in [0.5, 0.6) is 5.75 Å². The summed E-state index contributed by atoms with van der Waals surface area (Å²) in [5.41, 5.74) is 1.22. The molecule has 2 aromatic carbocycles. The van der Waals surface area contributed by atoms with Crippen molar-refractivity contribution in [2.75, 3.05) is 0 Å². The Hall–Kier alpha value is -1.76. The van der Waals surface area contributed by atoms with Crippen molar-refractivity contribution in [1.29, 1.82) is 0 Å². The minimum atomic E-state index is -0.267. The van der Waals surface area contributed by atoms with Crippen LogP contribution in [-0.2, 0) is 12.3 Å². The number of benzene rings is 2. The number of thioether (sulfide) groups is 1. The zero-order chi connectivity index (χ0) is 19.2. The van der Waals surface area contributed by atoms with Crippen LogP contribution in [0, 0.1) is 0 Å². The van der Waals surface area contributed by atoms with Gasteiger partial charge in [-0.15, -0.1) is 16.8 Å². The molecule has 0 bridgehead atoms. The predicted octanol–water partition coefficient (Wildman–Crippen LogP) is 6.31. The molecule has 0 N–H and O–H groups in total. The summed E-state index contributed by atoms with van der Waals surface area (Å²) in [7, 11) is 0. The maximum absolute atomic E-state index is 6.04. The first-order chi connectivity index (χ1) is 13.1. The van der Waals surface area contributed by atoms with Gasteiger partial charge in [0.05, 0.1) is 0 Å². The molecule has 0 saturated heterocycles. The molecule has 0 radical (unpaired) electrons. The second-order valence-electron chi connectivity index (χ2n) is 5.88. The predicted molar refractivity (Wildman–Crippen MR) is 114 cm³/mol. The number of hydrogen-bond acceptors (Lipinski definition) is 4. The molecule has 3 aromatic rings. The van der Waals surface area contributed by atoms with Crippen molar-refractivity contribution in [3.8, 4) is 5.75 Å². The van der Waals surface area contributed by atoms with Gasteiger partial charge in [0.25, 0.3) is 0 Å². The van der Waals surface area contributed by atoms with E-state index in [4.69, 9.17) is 16.3 Å². The van der Waals surface area contributed by atoms with Crippen molar-refractivity contribution in [2.24, 2.45) is 0 Å². The summed E-state index contributed by atoms with van der Waals surface area (Å²) >= 11 is 11.2. The van der Waals surface area contributed by atoms with E-state index in [9.17, 15) is 0 Å². The van der Waals surface area contributed by atoms with Gasteiger partial charge in [0, 0.05) is 21.8 Å². The van der Waals surface area contributed by atoms with E-state index in [-0.39, 0.29) is 6.10 Å². The molecule has 27 heavy (non-hydrogen) atoms. The van der Waals surface area contributed by atoms with Crippen molar-refractivity contribution in [2.45, 2.75) is 30.5 Å². The normalized spacial score (nSPS) is 12.0. The maximum Gasteiger partial charge on any atom is 0.191 e. The number of allylic oxidation sites excluding steroid dienone is 1. The fourth-order valence-electron chi connectivity index (χ4n) is 2.58. The monoisotopic (exact) mass is 463 g/mol. The van der Waals surface area contributed by atoms with Crippen LogP contribution in [-0.4, -0.2) is 14.8 Å². The van der Waals surface area contributed by atoms with Crippen molar-refractivity contribution >= 4 is 39.3 Å². The number of hydrogen-bond donors (Lipinski definition) is 0. The summed E-state index contributed by atoms with van der Waals surface area (Å²) < 4.78 is 9.10. The molecule has 1 heterocycles. The molecule has 0 aliphatic carbocycles. The highest BCUT2D eigenvalue weighted by Crippen LogP contribution is 2.28. The van der Waals surface area contributed by atoms with Gasteiger partial charge in [-0.3, -0.25) is 4.57 Å². The van der Waals surface area contributed by atoms with E-state index in [0.29, 0.717) is 17.3 Å². The van der Waals surface area contributed by atoms with Gasteiger partial charge in [0.1, 0.15) is 5.75 Å². The van der Waals surface area contributed by atoms with Crippen LogP contribution < -0.4 is 4.74 Å². The lowest BCUT2D eigenvalue weighted by atomic mass is 10.2. The van der Waals surface area contributed by atoms with E-state index < -0.39 is 0 Å². The van der Waals surface area contributed by atoms with Crippen molar-refractivity contribution in [3.63, 3.8) is 0 Å². The zero-order valence-electron chi connectivity index (χ0n) is 14.8. The number of halogens is 2. The fraction of sp³-hybridized carbons (Fsp3) is 0.200. The molecular weight excluding hydrogens is 446 g/mol. The lowest BCUT2D eigenvalue weighted by molar-refractivity contribution is 0.210. The van der Waals surface area contributed by atoms with E-state index >= 15 is 0 Å². The van der Waals surface area contributed by atoms with E-state index in [1.165, 1.54) is 5.56 Å². The third kappa shape index (κ3) is 5.37. The molecule has 140 valence electrons. The summed E-state index contributed by atoms with van der Waals surface area (Å²) in [6.07, 6.45) is 1.57. The second kappa shape index (κ2) is 9.44. The van der Waals surface area contributed by atoms with Gasteiger partial charge in [-0.25, -0.2) is 0 Å².